The Morgan fingerprint density at radius 2 is 1.86 bits per heavy atom. The molecule has 0 bridgehead atoms. The van der Waals surface area contributed by atoms with Gasteiger partial charge in [0.2, 0.25) is 0 Å². The molecule has 2 N–H and O–H groups in total. The molecule has 3 rings (SSSR count). The third-order valence-electron chi connectivity index (χ3n) is 3.83. The second kappa shape index (κ2) is 6.73. The quantitative estimate of drug-likeness (QED) is 0.851. The molecule has 0 aromatic heterocycles. The molecule has 0 radical (unpaired) electrons. The number of phenolic OH excluding ortho intramolecular Hbond substituents is 1. The third kappa shape index (κ3) is 3.53. The Morgan fingerprint density at radius 3 is 2.50 bits per heavy atom. The zero-order valence-electron chi connectivity index (χ0n) is 12.3. The van der Waals surface area contributed by atoms with E-state index in [0.29, 0.717) is 12.0 Å². The molecular weight excluding hydrogens is 278 g/mol. The first kappa shape index (κ1) is 14.8. The molecule has 1 aliphatic heterocycles. The highest BCUT2D eigenvalue weighted by atomic mass is 16.5. The van der Waals surface area contributed by atoms with Gasteiger partial charge < -0.3 is 15.2 Å². The molecular formula is C18H19NO3. The number of hydrogen-bond donors (Lipinski definition) is 2. The van der Waals surface area contributed by atoms with Gasteiger partial charge in [-0.05, 0) is 35.4 Å². The molecule has 1 heterocycles. The Morgan fingerprint density at radius 1 is 1.14 bits per heavy atom. The van der Waals surface area contributed by atoms with E-state index in [2.05, 4.69) is 5.32 Å². The lowest BCUT2D eigenvalue weighted by Crippen LogP contribution is -2.33. The summed E-state index contributed by atoms with van der Waals surface area (Å²) in [4.78, 5) is 12.2. The molecule has 0 saturated carbocycles. The highest BCUT2D eigenvalue weighted by Gasteiger charge is 2.15. The summed E-state index contributed by atoms with van der Waals surface area (Å²) in [6.07, 6.45) is 0.449. The molecule has 0 aliphatic carbocycles. The Balaban J connectivity index is 1.65. The van der Waals surface area contributed by atoms with Crippen molar-refractivity contribution in [3.63, 3.8) is 0 Å². The molecule has 1 unspecified atom stereocenters. The maximum Gasteiger partial charge on any atom is 0.167 e. The van der Waals surface area contributed by atoms with E-state index >= 15 is 0 Å². The second-order valence-electron chi connectivity index (χ2n) is 5.45. The zero-order chi connectivity index (χ0) is 15.4. The van der Waals surface area contributed by atoms with Gasteiger partial charge >= 0.3 is 0 Å². The number of morpholine rings is 1. The summed E-state index contributed by atoms with van der Waals surface area (Å²) in [5.74, 6) is 0.213. The minimum absolute atomic E-state index is 0.0448. The van der Waals surface area contributed by atoms with E-state index in [-0.39, 0.29) is 17.6 Å². The van der Waals surface area contributed by atoms with Crippen molar-refractivity contribution in [2.45, 2.75) is 12.5 Å². The van der Waals surface area contributed by atoms with Crippen molar-refractivity contribution in [3.05, 3.63) is 65.2 Å². The first-order chi connectivity index (χ1) is 10.7. The van der Waals surface area contributed by atoms with Gasteiger partial charge in [-0.25, -0.2) is 0 Å². The van der Waals surface area contributed by atoms with Gasteiger partial charge in [0.1, 0.15) is 5.75 Å². The number of carbonyl (C=O) groups excluding carboxylic acids is 1. The lowest BCUT2D eigenvalue weighted by atomic mass is 10.0. The van der Waals surface area contributed by atoms with Crippen molar-refractivity contribution in [3.8, 4) is 5.75 Å². The lowest BCUT2D eigenvalue weighted by molar-refractivity contribution is 0.0277. The number of ether oxygens (including phenoxy) is 1. The monoisotopic (exact) mass is 297 g/mol. The number of hydrogen-bond acceptors (Lipinski definition) is 4. The van der Waals surface area contributed by atoms with Crippen molar-refractivity contribution in [2.75, 3.05) is 19.7 Å². The number of benzene rings is 2. The zero-order valence-corrected chi connectivity index (χ0v) is 12.3. The van der Waals surface area contributed by atoms with Crippen LogP contribution in [-0.4, -0.2) is 30.6 Å². The fraction of sp³-hybridized carbons (Fsp3) is 0.278. The van der Waals surface area contributed by atoms with Crippen LogP contribution in [0.2, 0.25) is 0 Å². The first-order valence-electron chi connectivity index (χ1n) is 7.46. The van der Waals surface area contributed by atoms with Gasteiger partial charge in [0.05, 0.1) is 12.7 Å². The third-order valence-corrected chi connectivity index (χ3v) is 3.83. The van der Waals surface area contributed by atoms with Gasteiger partial charge in [0.15, 0.2) is 5.78 Å². The average molecular weight is 297 g/mol. The van der Waals surface area contributed by atoms with Gasteiger partial charge in [-0.15, -0.1) is 0 Å². The Bertz CT molecular complexity index is 628. The Labute approximate surface area is 129 Å². The molecule has 4 heteroatoms. The molecule has 2 aromatic carbocycles. The van der Waals surface area contributed by atoms with Crippen LogP contribution in [-0.2, 0) is 11.2 Å². The van der Waals surface area contributed by atoms with E-state index in [9.17, 15) is 9.90 Å². The van der Waals surface area contributed by atoms with Crippen LogP contribution in [0.3, 0.4) is 0 Å². The fourth-order valence-electron chi connectivity index (χ4n) is 2.56. The molecule has 0 spiro atoms. The number of carbonyl (C=O) groups is 1. The molecule has 1 fully saturated rings. The minimum atomic E-state index is 0.0448. The largest absolute Gasteiger partial charge is 0.508 e. The topological polar surface area (TPSA) is 58.6 Å². The molecule has 1 atom stereocenters. The summed E-state index contributed by atoms with van der Waals surface area (Å²) >= 11 is 0. The number of rotatable bonds is 4. The summed E-state index contributed by atoms with van der Waals surface area (Å²) in [5.41, 5.74) is 2.72. The predicted octanol–water partition coefficient (Wildman–Crippen LogP) is 2.48. The highest BCUT2D eigenvalue weighted by Crippen LogP contribution is 2.20. The number of aromatic hydroxyl groups is 1. The lowest BCUT2D eigenvalue weighted by Gasteiger charge is -2.24. The van der Waals surface area contributed by atoms with Crippen LogP contribution >= 0.6 is 0 Å². The maximum absolute atomic E-state index is 12.2. The summed E-state index contributed by atoms with van der Waals surface area (Å²) in [5, 5.41) is 12.6. The smallest absolute Gasteiger partial charge is 0.167 e. The van der Waals surface area contributed by atoms with Crippen molar-refractivity contribution >= 4 is 5.78 Å². The minimum Gasteiger partial charge on any atom is -0.508 e. The van der Waals surface area contributed by atoms with Crippen LogP contribution in [0.4, 0.5) is 0 Å². The van der Waals surface area contributed by atoms with Gasteiger partial charge in [-0.3, -0.25) is 4.79 Å². The Hall–Kier alpha value is -2.17. The summed E-state index contributed by atoms with van der Waals surface area (Å²) in [7, 11) is 0. The number of nitrogens with one attached hydrogen (secondary N) is 1. The van der Waals surface area contributed by atoms with Gasteiger partial charge in [0.25, 0.3) is 0 Å². The molecule has 22 heavy (non-hydrogen) atoms. The van der Waals surface area contributed by atoms with Crippen LogP contribution in [0, 0.1) is 0 Å². The summed E-state index contributed by atoms with van der Waals surface area (Å²) < 4.78 is 5.71. The second-order valence-corrected chi connectivity index (χ2v) is 5.45. The van der Waals surface area contributed by atoms with E-state index in [1.54, 1.807) is 12.1 Å². The van der Waals surface area contributed by atoms with Crippen molar-refractivity contribution in [2.24, 2.45) is 0 Å². The predicted molar refractivity (Wildman–Crippen MR) is 84.1 cm³/mol. The molecule has 4 nitrogen and oxygen atoms in total. The van der Waals surface area contributed by atoms with Crippen LogP contribution in [0.15, 0.2) is 48.5 Å². The highest BCUT2D eigenvalue weighted by molar-refractivity contribution is 5.97. The van der Waals surface area contributed by atoms with Crippen LogP contribution in [0.5, 0.6) is 5.75 Å². The fourth-order valence-corrected chi connectivity index (χ4v) is 2.56. The first-order valence-corrected chi connectivity index (χ1v) is 7.46. The van der Waals surface area contributed by atoms with E-state index < -0.39 is 0 Å². The standard InChI is InChI=1S/C18H19NO3/c20-16-7-5-14(6-8-16)17(21)11-13-1-3-15(4-2-13)18-12-19-9-10-22-18/h1-8,18-20H,9-12H2. The van der Waals surface area contributed by atoms with Crippen molar-refractivity contribution in [1.29, 1.82) is 0 Å². The van der Waals surface area contributed by atoms with Gasteiger partial charge in [0, 0.05) is 25.1 Å². The summed E-state index contributed by atoms with van der Waals surface area (Å²) in [6.45, 7) is 2.45. The van der Waals surface area contributed by atoms with E-state index in [1.807, 2.05) is 24.3 Å². The number of Topliss-reactive ketones (excluding diaryl/α,β-unsaturated/α-hetero) is 1. The summed E-state index contributed by atoms with van der Waals surface area (Å²) in [6, 6.07) is 14.4. The molecule has 1 saturated heterocycles. The van der Waals surface area contributed by atoms with Gasteiger partial charge in [-0.1, -0.05) is 24.3 Å². The van der Waals surface area contributed by atoms with Crippen LogP contribution in [0.1, 0.15) is 27.6 Å². The van der Waals surface area contributed by atoms with Crippen LogP contribution < -0.4 is 5.32 Å². The maximum atomic E-state index is 12.2. The molecule has 114 valence electrons. The Kier molecular flexibility index (Phi) is 4.51. The normalized spacial score (nSPS) is 18.1. The molecule has 1 aliphatic rings. The van der Waals surface area contributed by atoms with Gasteiger partial charge in [-0.2, -0.15) is 0 Å². The van der Waals surface area contributed by atoms with Crippen LogP contribution in [0.25, 0.3) is 0 Å². The van der Waals surface area contributed by atoms with Crippen molar-refractivity contribution < 1.29 is 14.6 Å². The van der Waals surface area contributed by atoms with Crippen molar-refractivity contribution in [1.82, 2.24) is 5.32 Å². The number of phenols is 1. The van der Waals surface area contributed by atoms with E-state index in [0.717, 1.165) is 30.8 Å². The van der Waals surface area contributed by atoms with E-state index in [4.69, 9.17) is 4.74 Å². The molecule has 0 amide bonds. The average Bonchev–Trinajstić information content (AvgIpc) is 2.57. The van der Waals surface area contributed by atoms with E-state index in [1.165, 1.54) is 12.1 Å². The molecule has 2 aromatic rings. The number of ketones is 1. The SMILES string of the molecule is O=C(Cc1ccc(C2CNCCO2)cc1)c1ccc(O)cc1.